The molecule has 0 saturated carbocycles. The first-order valence-electron chi connectivity index (χ1n) is 5.92. The number of carboxylic acids is 1. The van der Waals surface area contributed by atoms with Crippen LogP contribution in [0.4, 0.5) is 0 Å². The Morgan fingerprint density at radius 1 is 1.33 bits per heavy atom. The molecule has 1 aromatic heterocycles. The number of carbonyl (C=O) groups is 1. The number of nitrogens with zero attached hydrogens (tertiary/aromatic N) is 1. The lowest BCUT2D eigenvalue weighted by atomic mass is 10.1. The molecule has 0 aliphatic heterocycles. The summed E-state index contributed by atoms with van der Waals surface area (Å²) in [5.74, 6) is -0.904. The van der Waals surface area contributed by atoms with E-state index >= 15 is 0 Å². The van der Waals surface area contributed by atoms with E-state index in [0.29, 0.717) is 10.6 Å². The standard InChI is InChI=1S/C14H15NO2S/c1-3-4-10-5-7-11(8-6-10)13-15-9(2)12(18-13)14(16)17/h5-8H,3-4H2,1-2H3,(H,16,17). The largest absolute Gasteiger partial charge is 0.477 e. The van der Waals surface area contributed by atoms with Crippen LogP contribution in [0.15, 0.2) is 24.3 Å². The summed E-state index contributed by atoms with van der Waals surface area (Å²) in [5.41, 5.74) is 2.86. The molecule has 0 unspecified atom stereocenters. The lowest BCUT2D eigenvalue weighted by Gasteiger charge is -2.00. The monoisotopic (exact) mass is 261 g/mol. The van der Waals surface area contributed by atoms with Gasteiger partial charge in [0, 0.05) is 5.56 Å². The van der Waals surface area contributed by atoms with Gasteiger partial charge in [0.05, 0.1) is 5.69 Å². The maximum atomic E-state index is 11.0. The van der Waals surface area contributed by atoms with E-state index in [0.717, 1.165) is 23.4 Å². The van der Waals surface area contributed by atoms with Gasteiger partial charge in [-0.1, -0.05) is 37.6 Å². The van der Waals surface area contributed by atoms with Crippen molar-refractivity contribution in [2.24, 2.45) is 0 Å². The Labute approximate surface area is 110 Å². The number of carboxylic acid groups (broad SMARTS) is 1. The second-order valence-corrected chi connectivity index (χ2v) is 5.18. The minimum Gasteiger partial charge on any atom is -0.477 e. The maximum absolute atomic E-state index is 11.0. The fraction of sp³-hybridized carbons (Fsp3) is 0.286. The van der Waals surface area contributed by atoms with Crippen molar-refractivity contribution in [3.63, 3.8) is 0 Å². The molecule has 0 spiro atoms. The van der Waals surface area contributed by atoms with Gasteiger partial charge in [0.2, 0.25) is 0 Å². The Hall–Kier alpha value is -1.68. The number of aromatic carboxylic acids is 1. The number of thiazole rings is 1. The van der Waals surface area contributed by atoms with Gasteiger partial charge in [-0.15, -0.1) is 11.3 Å². The van der Waals surface area contributed by atoms with E-state index in [1.807, 2.05) is 12.1 Å². The molecule has 0 amide bonds. The Balaban J connectivity index is 2.31. The second kappa shape index (κ2) is 5.31. The molecular weight excluding hydrogens is 246 g/mol. The summed E-state index contributed by atoms with van der Waals surface area (Å²) in [6.45, 7) is 3.88. The van der Waals surface area contributed by atoms with E-state index in [1.165, 1.54) is 16.9 Å². The molecule has 2 rings (SSSR count). The Morgan fingerprint density at radius 2 is 2.00 bits per heavy atom. The first kappa shape index (κ1) is 12.8. The molecule has 0 atom stereocenters. The van der Waals surface area contributed by atoms with Crippen LogP contribution in [0.25, 0.3) is 10.6 Å². The van der Waals surface area contributed by atoms with Gasteiger partial charge in [0.1, 0.15) is 9.88 Å². The van der Waals surface area contributed by atoms with E-state index in [4.69, 9.17) is 5.11 Å². The summed E-state index contributed by atoms with van der Waals surface area (Å²) in [7, 11) is 0. The van der Waals surface area contributed by atoms with Crippen molar-refractivity contribution < 1.29 is 9.90 Å². The van der Waals surface area contributed by atoms with E-state index in [-0.39, 0.29) is 0 Å². The van der Waals surface area contributed by atoms with Gasteiger partial charge in [-0.2, -0.15) is 0 Å². The molecule has 0 saturated heterocycles. The third kappa shape index (κ3) is 2.59. The quantitative estimate of drug-likeness (QED) is 0.911. The van der Waals surface area contributed by atoms with Crippen molar-refractivity contribution >= 4 is 17.3 Å². The fourth-order valence-electron chi connectivity index (χ4n) is 1.82. The van der Waals surface area contributed by atoms with Gasteiger partial charge in [0.25, 0.3) is 0 Å². The SMILES string of the molecule is CCCc1ccc(-c2nc(C)c(C(=O)O)s2)cc1. The van der Waals surface area contributed by atoms with Crippen LogP contribution < -0.4 is 0 Å². The van der Waals surface area contributed by atoms with Gasteiger partial charge >= 0.3 is 5.97 Å². The molecule has 0 bridgehead atoms. The topological polar surface area (TPSA) is 50.2 Å². The van der Waals surface area contributed by atoms with Crippen molar-refractivity contribution in [1.29, 1.82) is 0 Å². The van der Waals surface area contributed by atoms with Gasteiger partial charge in [-0.3, -0.25) is 0 Å². The zero-order chi connectivity index (χ0) is 13.1. The smallest absolute Gasteiger partial charge is 0.347 e. The first-order valence-corrected chi connectivity index (χ1v) is 6.73. The Kier molecular flexibility index (Phi) is 3.77. The van der Waals surface area contributed by atoms with Crippen LogP contribution in [0, 0.1) is 6.92 Å². The summed E-state index contributed by atoms with van der Waals surface area (Å²) >= 11 is 1.23. The summed E-state index contributed by atoms with van der Waals surface area (Å²) in [4.78, 5) is 15.6. The molecule has 0 aliphatic carbocycles. The number of aryl methyl sites for hydroxylation is 2. The maximum Gasteiger partial charge on any atom is 0.347 e. The average Bonchev–Trinajstić information content (AvgIpc) is 2.73. The molecule has 4 heteroatoms. The molecule has 18 heavy (non-hydrogen) atoms. The molecule has 0 aliphatic rings. The molecule has 3 nitrogen and oxygen atoms in total. The van der Waals surface area contributed by atoms with Crippen molar-refractivity contribution in [2.75, 3.05) is 0 Å². The highest BCUT2D eigenvalue weighted by Gasteiger charge is 2.14. The molecule has 0 radical (unpaired) electrons. The zero-order valence-corrected chi connectivity index (χ0v) is 11.3. The van der Waals surface area contributed by atoms with Crippen molar-refractivity contribution in [1.82, 2.24) is 4.98 Å². The molecule has 1 heterocycles. The van der Waals surface area contributed by atoms with Gasteiger partial charge < -0.3 is 5.11 Å². The lowest BCUT2D eigenvalue weighted by Crippen LogP contribution is -1.94. The van der Waals surface area contributed by atoms with Gasteiger partial charge in [-0.05, 0) is 18.9 Å². The third-order valence-corrected chi connectivity index (χ3v) is 3.92. The highest BCUT2D eigenvalue weighted by molar-refractivity contribution is 7.17. The van der Waals surface area contributed by atoms with Crippen LogP contribution in [0.2, 0.25) is 0 Å². The Morgan fingerprint density at radius 3 is 2.50 bits per heavy atom. The number of rotatable bonds is 4. The summed E-state index contributed by atoms with van der Waals surface area (Å²) in [5, 5.41) is 9.78. The lowest BCUT2D eigenvalue weighted by molar-refractivity contribution is 0.0701. The summed E-state index contributed by atoms with van der Waals surface area (Å²) in [6.07, 6.45) is 2.19. The van der Waals surface area contributed by atoms with Crippen LogP contribution >= 0.6 is 11.3 Å². The van der Waals surface area contributed by atoms with Crippen molar-refractivity contribution in [2.45, 2.75) is 26.7 Å². The van der Waals surface area contributed by atoms with Crippen molar-refractivity contribution in [3.05, 3.63) is 40.4 Å². The van der Waals surface area contributed by atoms with E-state index in [2.05, 4.69) is 24.0 Å². The molecule has 0 fully saturated rings. The number of hydrogen-bond acceptors (Lipinski definition) is 3. The summed E-state index contributed by atoms with van der Waals surface area (Å²) in [6, 6.07) is 8.18. The minimum absolute atomic E-state index is 0.322. The molecule has 94 valence electrons. The first-order chi connectivity index (χ1) is 8.61. The zero-order valence-electron chi connectivity index (χ0n) is 10.4. The molecular formula is C14H15NO2S. The Bertz CT molecular complexity index is 558. The van der Waals surface area contributed by atoms with Crippen molar-refractivity contribution in [3.8, 4) is 10.6 Å². The van der Waals surface area contributed by atoms with Crippen LogP contribution in [0.1, 0.15) is 34.3 Å². The van der Waals surface area contributed by atoms with Crippen LogP contribution in [0.5, 0.6) is 0 Å². The van der Waals surface area contributed by atoms with E-state index in [1.54, 1.807) is 6.92 Å². The predicted octanol–water partition coefficient (Wildman–Crippen LogP) is 3.77. The number of hydrogen-bond donors (Lipinski definition) is 1. The van der Waals surface area contributed by atoms with E-state index < -0.39 is 5.97 Å². The van der Waals surface area contributed by atoms with Gasteiger partial charge in [-0.25, -0.2) is 9.78 Å². The minimum atomic E-state index is -0.904. The summed E-state index contributed by atoms with van der Waals surface area (Å²) < 4.78 is 0. The van der Waals surface area contributed by atoms with Crippen LogP contribution in [0.3, 0.4) is 0 Å². The molecule has 1 aromatic carbocycles. The normalized spacial score (nSPS) is 10.6. The second-order valence-electron chi connectivity index (χ2n) is 4.19. The average molecular weight is 261 g/mol. The van der Waals surface area contributed by atoms with Crippen LogP contribution in [-0.4, -0.2) is 16.1 Å². The van der Waals surface area contributed by atoms with E-state index in [9.17, 15) is 4.79 Å². The molecule has 2 aromatic rings. The van der Waals surface area contributed by atoms with Crippen LogP contribution in [-0.2, 0) is 6.42 Å². The highest BCUT2D eigenvalue weighted by Crippen LogP contribution is 2.28. The highest BCUT2D eigenvalue weighted by atomic mass is 32.1. The molecule has 1 N–H and O–H groups in total. The third-order valence-electron chi connectivity index (χ3n) is 2.73. The number of aromatic nitrogens is 1. The predicted molar refractivity (Wildman–Crippen MR) is 73.2 cm³/mol. The fourth-order valence-corrected chi connectivity index (χ4v) is 2.73. The number of benzene rings is 1. The van der Waals surface area contributed by atoms with Gasteiger partial charge in [0.15, 0.2) is 0 Å².